The third-order valence-corrected chi connectivity index (χ3v) is 4.41. The van der Waals surface area contributed by atoms with E-state index in [1.165, 1.54) is 5.56 Å². The van der Waals surface area contributed by atoms with Gasteiger partial charge in [-0.15, -0.1) is 0 Å². The van der Waals surface area contributed by atoms with Gasteiger partial charge in [-0.2, -0.15) is 0 Å². The first-order valence-corrected chi connectivity index (χ1v) is 7.11. The molecule has 1 amide bonds. The Hall–Kier alpha value is -1.35. The first-order chi connectivity index (χ1) is 9.04. The van der Waals surface area contributed by atoms with Crippen LogP contribution in [0.15, 0.2) is 18.2 Å². The number of nitrogens with zero attached hydrogens (tertiary/aromatic N) is 1. The predicted octanol–water partition coefficient (Wildman–Crippen LogP) is 2.50. The summed E-state index contributed by atoms with van der Waals surface area (Å²) in [4.78, 5) is 14.7. The molecule has 1 aromatic rings. The fourth-order valence-corrected chi connectivity index (χ4v) is 2.80. The maximum atomic E-state index is 12.7. The van der Waals surface area contributed by atoms with Crippen molar-refractivity contribution in [3.8, 4) is 0 Å². The zero-order chi connectivity index (χ0) is 14.0. The lowest BCUT2D eigenvalue weighted by Crippen LogP contribution is -2.47. The summed E-state index contributed by atoms with van der Waals surface area (Å²) in [6, 6.07) is 6.26. The maximum Gasteiger partial charge on any atom is 0.254 e. The normalized spacial score (nSPS) is 23.5. The van der Waals surface area contributed by atoms with Crippen LogP contribution in [0, 0.1) is 19.8 Å². The number of carbonyl (C=O) groups excluding carboxylic acids is 1. The second-order valence-corrected chi connectivity index (χ2v) is 5.73. The standard InChI is InChI=1S/C16H24N2O/c1-11-5-4-6-15(13(11)3)16(19)18-10-14(9-17)8-7-12(18)2/h4-6,12,14H,7-10,17H2,1-3H3. The van der Waals surface area contributed by atoms with Crippen molar-refractivity contribution in [3.05, 3.63) is 34.9 Å². The molecule has 2 unspecified atom stereocenters. The molecule has 1 aromatic carbocycles. The van der Waals surface area contributed by atoms with E-state index in [-0.39, 0.29) is 5.91 Å². The molecule has 3 heteroatoms. The fourth-order valence-electron chi connectivity index (χ4n) is 2.80. The van der Waals surface area contributed by atoms with Crippen molar-refractivity contribution in [2.75, 3.05) is 13.1 Å². The van der Waals surface area contributed by atoms with Gasteiger partial charge in [0.2, 0.25) is 0 Å². The Bertz CT molecular complexity index is 470. The molecule has 2 atom stereocenters. The zero-order valence-corrected chi connectivity index (χ0v) is 12.1. The quantitative estimate of drug-likeness (QED) is 0.888. The molecule has 1 heterocycles. The Morgan fingerprint density at radius 2 is 2.11 bits per heavy atom. The molecule has 0 spiro atoms. The first kappa shape index (κ1) is 14.1. The van der Waals surface area contributed by atoms with E-state index in [1.807, 2.05) is 24.0 Å². The number of amides is 1. The summed E-state index contributed by atoms with van der Waals surface area (Å²) in [6.07, 6.45) is 2.19. The minimum Gasteiger partial charge on any atom is -0.336 e. The van der Waals surface area contributed by atoms with Crippen molar-refractivity contribution in [1.29, 1.82) is 0 Å². The molecular weight excluding hydrogens is 236 g/mol. The maximum absolute atomic E-state index is 12.7. The highest BCUT2D eigenvalue weighted by molar-refractivity contribution is 5.96. The lowest BCUT2D eigenvalue weighted by atomic mass is 9.92. The molecular formula is C16H24N2O. The summed E-state index contributed by atoms with van der Waals surface area (Å²) >= 11 is 0. The number of likely N-dealkylation sites (tertiary alicyclic amines) is 1. The van der Waals surface area contributed by atoms with Crippen molar-refractivity contribution >= 4 is 5.91 Å². The topological polar surface area (TPSA) is 46.3 Å². The number of aryl methyl sites for hydroxylation is 1. The Morgan fingerprint density at radius 1 is 1.37 bits per heavy atom. The molecule has 0 radical (unpaired) electrons. The molecule has 2 rings (SSSR count). The number of rotatable bonds is 2. The largest absolute Gasteiger partial charge is 0.336 e. The molecule has 19 heavy (non-hydrogen) atoms. The van der Waals surface area contributed by atoms with Gasteiger partial charge in [0.25, 0.3) is 5.91 Å². The summed E-state index contributed by atoms with van der Waals surface area (Å²) in [6.45, 7) is 7.68. The molecule has 1 fully saturated rings. The van der Waals surface area contributed by atoms with Gasteiger partial charge in [-0.05, 0) is 63.3 Å². The van der Waals surface area contributed by atoms with Gasteiger partial charge in [0, 0.05) is 18.2 Å². The second-order valence-electron chi connectivity index (χ2n) is 5.73. The van der Waals surface area contributed by atoms with Crippen LogP contribution in [0.25, 0.3) is 0 Å². The van der Waals surface area contributed by atoms with Gasteiger partial charge in [0.15, 0.2) is 0 Å². The monoisotopic (exact) mass is 260 g/mol. The van der Waals surface area contributed by atoms with E-state index in [1.54, 1.807) is 0 Å². The molecule has 0 bridgehead atoms. The molecule has 0 saturated carbocycles. The average Bonchev–Trinajstić information content (AvgIpc) is 2.42. The van der Waals surface area contributed by atoms with Crippen LogP contribution in [0.2, 0.25) is 0 Å². The van der Waals surface area contributed by atoms with Crippen molar-refractivity contribution in [3.63, 3.8) is 0 Å². The summed E-state index contributed by atoms with van der Waals surface area (Å²) in [7, 11) is 0. The van der Waals surface area contributed by atoms with Crippen LogP contribution in [0.4, 0.5) is 0 Å². The summed E-state index contributed by atoms with van der Waals surface area (Å²) in [5, 5.41) is 0. The molecule has 3 nitrogen and oxygen atoms in total. The van der Waals surface area contributed by atoms with Crippen LogP contribution in [-0.2, 0) is 0 Å². The molecule has 0 aliphatic carbocycles. The molecule has 104 valence electrons. The van der Waals surface area contributed by atoms with Crippen LogP contribution in [0.5, 0.6) is 0 Å². The molecule has 1 saturated heterocycles. The van der Waals surface area contributed by atoms with Gasteiger partial charge in [-0.25, -0.2) is 0 Å². The average molecular weight is 260 g/mol. The number of hydrogen-bond donors (Lipinski definition) is 1. The third-order valence-electron chi connectivity index (χ3n) is 4.41. The van der Waals surface area contributed by atoms with E-state index in [0.29, 0.717) is 18.5 Å². The van der Waals surface area contributed by atoms with Crippen molar-refractivity contribution in [1.82, 2.24) is 4.90 Å². The zero-order valence-electron chi connectivity index (χ0n) is 12.1. The van der Waals surface area contributed by atoms with Crippen LogP contribution in [-0.4, -0.2) is 29.9 Å². The van der Waals surface area contributed by atoms with E-state index >= 15 is 0 Å². The van der Waals surface area contributed by atoms with E-state index < -0.39 is 0 Å². The van der Waals surface area contributed by atoms with Crippen molar-refractivity contribution in [2.24, 2.45) is 11.7 Å². The van der Waals surface area contributed by atoms with Gasteiger partial charge in [0.1, 0.15) is 0 Å². The smallest absolute Gasteiger partial charge is 0.254 e. The lowest BCUT2D eigenvalue weighted by molar-refractivity contribution is 0.0566. The molecule has 2 N–H and O–H groups in total. The highest BCUT2D eigenvalue weighted by atomic mass is 16.2. The van der Waals surface area contributed by atoms with Gasteiger partial charge in [0.05, 0.1) is 0 Å². The predicted molar refractivity (Wildman–Crippen MR) is 78.2 cm³/mol. The van der Waals surface area contributed by atoms with Gasteiger partial charge < -0.3 is 10.6 Å². The van der Waals surface area contributed by atoms with Crippen LogP contribution >= 0.6 is 0 Å². The Labute approximate surface area is 115 Å². The second kappa shape index (κ2) is 5.74. The lowest BCUT2D eigenvalue weighted by Gasteiger charge is -2.38. The van der Waals surface area contributed by atoms with Crippen molar-refractivity contribution < 1.29 is 4.79 Å². The summed E-state index contributed by atoms with van der Waals surface area (Å²) < 4.78 is 0. The molecule has 1 aliphatic heterocycles. The Balaban J connectivity index is 2.24. The third kappa shape index (κ3) is 2.81. The van der Waals surface area contributed by atoms with E-state index in [9.17, 15) is 4.79 Å². The van der Waals surface area contributed by atoms with E-state index in [2.05, 4.69) is 19.9 Å². The molecule has 1 aliphatic rings. The van der Waals surface area contributed by atoms with Crippen LogP contribution in [0.1, 0.15) is 41.3 Å². The Morgan fingerprint density at radius 3 is 2.79 bits per heavy atom. The summed E-state index contributed by atoms with van der Waals surface area (Å²) in [5.74, 6) is 0.608. The minimum absolute atomic E-state index is 0.159. The fraction of sp³-hybridized carbons (Fsp3) is 0.562. The number of nitrogens with two attached hydrogens (primary N) is 1. The highest BCUT2D eigenvalue weighted by Gasteiger charge is 2.29. The van der Waals surface area contributed by atoms with Gasteiger partial charge >= 0.3 is 0 Å². The molecule has 0 aromatic heterocycles. The van der Waals surface area contributed by atoms with E-state index in [0.717, 1.165) is 30.5 Å². The number of benzene rings is 1. The summed E-state index contributed by atoms with van der Waals surface area (Å²) in [5.41, 5.74) is 8.87. The minimum atomic E-state index is 0.159. The first-order valence-electron chi connectivity index (χ1n) is 7.11. The van der Waals surface area contributed by atoms with Gasteiger partial charge in [-0.1, -0.05) is 12.1 Å². The van der Waals surface area contributed by atoms with Crippen LogP contribution < -0.4 is 5.73 Å². The number of piperidine rings is 1. The van der Waals surface area contributed by atoms with Gasteiger partial charge in [-0.3, -0.25) is 4.79 Å². The SMILES string of the molecule is Cc1cccc(C(=O)N2CC(CN)CCC2C)c1C. The highest BCUT2D eigenvalue weighted by Crippen LogP contribution is 2.24. The van der Waals surface area contributed by atoms with Crippen LogP contribution in [0.3, 0.4) is 0 Å². The number of carbonyl (C=O) groups is 1. The van der Waals surface area contributed by atoms with Crippen molar-refractivity contribution in [2.45, 2.75) is 39.7 Å². The number of hydrogen-bond acceptors (Lipinski definition) is 2. The van der Waals surface area contributed by atoms with E-state index in [4.69, 9.17) is 5.73 Å². The Kier molecular flexibility index (Phi) is 4.25.